The third-order valence-corrected chi connectivity index (χ3v) is 1.67. The van der Waals surface area contributed by atoms with Crippen LogP contribution in [0.15, 0.2) is 22.8 Å². The Morgan fingerprint density at radius 1 is 1.62 bits per heavy atom. The number of hydrogen-bond donors (Lipinski definition) is 0. The fourth-order valence-corrected chi connectivity index (χ4v) is 1.05. The maximum absolute atomic E-state index is 11.2. The molecule has 0 aliphatic heterocycles. The van der Waals surface area contributed by atoms with E-state index >= 15 is 0 Å². The molecule has 0 saturated carbocycles. The molecule has 1 aromatic heterocycles. The van der Waals surface area contributed by atoms with Gasteiger partial charge in [-0.05, 0) is 28.1 Å². The van der Waals surface area contributed by atoms with E-state index in [0.29, 0.717) is 4.60 Å². The standard InChI is InChI=1S/C8H8BrNO3/c1-12-5-13-8(11)6-3-2-4-7(9)10-6/h2-4H,5H2,1H3. The molecule has 1 aromatic rings. The smallest absolute Gasteiger partial charge is 0.359 e. The van der Waals surface area contributed by atoms with Gasteiger partial charge in [0.1, 0.15) is 10.3 Å². The molecule has 0 amide bonds. The van der Waals surface area contributed by atoms with E-state index in [4.69, 9.17) is 0 Å². The fourth-order valence-electron chi connectivity index (χ4n) is 0.708. The summed E-state index contributed by atoms with van der Waals surface area (Å²) in [6.07, 6.45) is 0. The van der Waals surface area contributed by atoms with Crippen molar-refractivity contribution in [2.45, 2.75) is 0 Å². The summed E-state index contributed by atoms with van der Waals surface area (Å²) in [4.78, 5) is 15.1. The number of methoxy groups -OCH3 is 1. The van der Waals surface area contributed by atoms with Crippen LogP contribution in [0.1, 0.15) is 10.5 Å². The summed E-state index contributed by atoms with van der Waals surface area (Å²) in [5.74, 6) is -0.497. The highest BCUT2D eigenvalue weighted by Gasteiger charge is 2.07. The molecule has 70 valence electrons. The van der Waals surface area contributed by atoms with E-state index < -0.39 is 5.97 Å². The van der Waals surface area contributed by atoms with Crippen LogP contribution in [-0.2, 0) is 9.47 Å². The molecule has 0 radical (unpaired) electrons. The van der Waals surface area contributed by atoms with Crippen molar-refractivity contribution in [1.29, 1.82) is 0 Å². The Morgan fingerprint density at radius 3 is 3.00 bits per heavy atom. The summed E-state index contributed by atoms with van der Waals surface area (Å²) >= 11 is 3.15. The minimum Gasteiger partial charge on any atom is -0.434 e. The van der Waals surface area contributed by atoms with Crippen LogP contribution < -0.4 is 0 Å². The maximum Gasteiger partial charge on any atom is 0.359 e. The first kappa shape index (κ1) is 10.1. The molecule has 0 atom stereocenters. The van der Waals surface area contributed by atoms with Crippen molar-refractivity contribution in [1.82, 2.24) is 4.98 Å². The molecule has 0 N–H and O–H groups in total. The predicted octanol–water partition coefficient (Wildman–Crippen LogP) is 1.60. The molecule has 0 saturated heterocycles. The lowest BCUT2D eigenvalue weighted by atomic mass is 10.4. The third-order valence-electron chi connectivity index (χ3n) is 1.23. The number of carbonyl (C=O) groups is 1. The van der Waals surface area contributed by atoms with Crippen molar-refractivity contribution >= 4 is 21.9 Å². The van der Waals surface area contributed by atoms with Crippen molar-refractivity contribution in [2.75, 3.05) is 13.9 Å². The number of nitrogens with zero attached hydrogens (tertiary/aromatic N) is 1. The van der Waals surface area contributed by atoms with E-state index in [1.807, 2.05) is 0 Å². The van der Waals surface area contributed by atoms with Gasteiger partial charge in [0.25, 0.3) is 0 Å². The topological polar surface area (TPSA) is 48.4 Å². The molecule has 0 aromatic carbocycles. The van der Waals surface area contributed by atoms with Gasteiger partial charge < -0.3 is 9.47 Å². The summed E-state index contributed by atoms with van der Waals surface area (Å²) in [6, 6.07) is 5.01. The van der Waals surface area contributed by atoms with E-state index in [-0.39, 0.29) is 12.5 Å². The molecule has 0 bridgehead atoms. The number of rotatable bonds is 3. The number of ether oxygens (including phenoxy) is 2. The second-order valence-electron chi connectivity index (χ2n) is 2.18. The van der Waals surface area contributed by atoms with Gasteiger partial charge in [0, 0.05) is 7.11 Å². The molecule has 13 heavy (non-hydrogen) atoms. The normalized spacial score (nSPS) is 9.69. The number of halogens is 1. The summed E-state index contributed by atoms with van der Waals surface area (Å²) < 4.78 is 9.87. The quantitative estimate of drug-likeness (QED) is 0.461. The summed E-state index contributed by atoms with van der Waals surface area (Å²) in [6.45, 7) is -0.0625. The minimum atomic E-state index is -0.497. The van der Waals surface area contributed by atoms with Crippen molar-refractivity contribution in [3.8, 4) is 0 Å². The highest BCUT2D eigenvalue weighted by atomic mass is 79.9. The molecule has 0 fully saturated rings. The first-order valence-electron chi connectivity index (χ1n) is 3.52. The molecule has 1 rings (SSSR count). The van der Waals surface area contributed by atoms with Crippen molar-refractivity contribution in [3.05, 3.63) is 28.5 Å². The zero-order valence-corrected chi connectivity index (χ0v) is 8.58. The predicted molar refractivity (Wildman–Crippen MR) is 49.2 cm³/mol. The number of aromatic nitrogens is 1. The van der Waals surface area contributed by atoms with Crippen molar-refractivity contribution in [3.63, 3.8) is 0 Å². The summed E-state index contributed by atoms with van der Waals surface area (Å²) in [5.41, 5.74) is 0.256. The van der Waals surface area contributed by atoms with Gasteiger partial charge in [-0.15, -0.1) is 0 Å². The van der Waals surface area contributed by atoms with Gasteiger partial charge in [-0.3, -0.25) is 0 Å². The van der Waals surface area contributed by atoms with Crippen molar-refractivity contribution in [2.24, 2.45) is 0 Å². The van der Waals surface area contributed by atoms with E-state index in [0.717, 1.165) is 0 Å². The Kier molecular flexibility index (Phi) is 3.85. The van der Waals surface area contributed by atoms with Crippen LogP contribution >= 0.6 is 15.9 Å². The third kappa shape index (κ3) is 3.12. The second-order valence-corrected chi connectivity index (χ2v) is 3.00. The lowest BCUT2D eigenvalue weighted by Crippen LogP contribution is -2.09. The number of esters is 1. The Labute approximate surface area is 84.0 Å². The Hall–Kier alpha value is -0.940. The molecule has 5 heteroatoms. The largest absolute Gasteiger partial charge is 0.434 e. The van der Waals surface area contributed by atoms with Gasteiger partial charge in [0.2, 0.25) is 0 Å². The minimum absolute atomic E-state index is 0.0625. The van der Waals surface area contributed by atoms with Gasteiger partial charge in [0.05, 0.1) is 0 Å². The van der Waals surface area contributed by atoms with Gasteiger partial charge in [-0.25, -0.2) is 9.78 Å². The first-order chi connectivity index (χ1) is 6.24. The van der Waals surface area contributed by atoms with Crippen LogP contribution in [0.5, 0.6) is 0 Å². The average Bonchev–Trinajstić information content (AvgIpc) is 2.14. The van der Waals surface area contributed by atoms with Crippen LogP contribution in [0, 0.1) is 0 Å². The highest BCUT2D eigenvalue weighted by molar-refractivity contribution is 9.10. The molecule has 0 spiro atoms. The van der Waals surface area contributed by atoms with Crippen LogP contribution in [-0.4, -0.2) is 24.9 Å². The molecular formula is C8H8BrNO3. The first-order valence-corrected chi connectivity index (χ1v) is 4.32. The fraction of sp³-hybridized carbons (Fsp3) is 0.250. The second kappa shape index (κ2) is 4.94. The average molecular weight is 246 g/mol. The molecule has 1 heterocycles. The van der Waals surface area contributed by atoms with Gasteiger partial charge in [0.15, 0.2) is 6.79 Å². The molecule has 0 aliphatic rings. The number of pyridine rings is 1. The Morgan fingerprint density at radius 2 is 2.38 bits per heavy atom. The van der Waals surface area contributed by atoms with Crippen LogP contribution in [0.3, 0.4) is 0 Å². The van der Waals surface area contributed by atoms with Gasteiger partial charge in [-0.1, -0.05) is 6.07 Å². The maximum atomic E-state index is 11.2. The van der Waals surface area contributed by atoms with E-state index in [2.05, 4.69) is 30.4 Å². The Bertz CT molecular complexity index is 303. The zero-order chi connectivity index (χ0) is 9.68. The molecule has 0 aliphatic carbocycles. The number of hydrogen-bond acceptors (Lipinski definition) is 4. The van der Waals surface area contributed by atoms with E-state index in [1.54, 1.807) is 18.2 Å². The number of carbonyl (C=O) groups excluding carboxylic acids is 1. The molecule has 0 unspecified atom stereocenters. The van der Waals surface area contributed by atoms with E-state index in [9.17, 15) is 4.79 Å². The SMILES string of the molecule is COCOC(=O)c1cccc(Br)n1. The highest BCUT2D eigenvalue weighted by Crippen LogP contribution is 2.06. The van der Waals surface area contributed by atoms with Crippen LogP contribution in [0.25, 0.3) is 0 Å². The Balaban J connectivity index is 2.66. The summed E-state index contributed by atoms with van der Waals surface area (Å²) in [7, 11) is 1.45. The van der Waals surface area contributed by atoms with E-state index in [1.165, 1.54) is 7.11 Å². The van der Waals surface area contributed by atoms with Crippen LogP contribution in [0.2, 0.25) is 0 Å². The molecule has 4 nitrogen and oxygen atoms in total. The van der Waals surface area contributed by atoms with Crippen molar-refractivity contribution < 1.29 is 14.3 Å². The zero-order valence-electron chi connectivity index (χ0n) is 6.99. The van der Waals surface area contributed by atoms with Gasteiger partial charge in [-0.2, -0.15) is 0 Å². The lowest BCUT2D eigenvalue weighted by molar-refractivity contribution is -0.0130. The lowest BCUT2D eigenvalue weighted by Gasteiger charge is -2.01. The summed E-state index contributed by atoms with van der Waals surface area (Å²) in [5, 5.41) is 0. The monoisotopic (exact) mass is 245 g/mol. The molecular weight excluding hydrogens is 238 g/mol. The van der Waals surface area contributed by atoms with Crippen LogP contribution in [0.4, 0.5) is 0 Å². The van der Waals surface area contributed by atoms with Gasteiger partial charge >= 0.3 is 5.97 Å².